The van der Waals surface area contributed by atoms with Crippen molar-refractivity contribution < 1.29 is 28.2 Å². The first-order valence-electron chi connectivity index (χ1n) is 13.3. The molecule has 0 amide bonds. The van der Waals surface area contributed by atoms with Gasteiger partial charge in [-0.1, -0.05) is 29.5 Å². The number of ether oxygens (including phenoxy) is 3. The molecule has 0 N–H and O–H groups in total. The SMILES string of the molecule is COC(=O)c1ccc(-c2ccc(/C=c3/sc4n(c3=O)[C@@H](c3ccc(OC)cc3)C(C(=O)OC(C)C)=C(C)N=4)o2)c(C)c1. The van der Waals surface area contributed by atoms with Crippen LogP contribution in [0.15, 0.2) is 80.1 Å². The second-order valence-electron chi connectivity index (χ2n) is 10.0. The minimum Gasteiger partial charge on any atom is -0.497 e. The third kappa shape index (κ3) is 5.45. The number of nitrogens with zero attached hydrogens (tertiary/aromatic N) is 2. The molecule has 4 aromatic rings. The molecule has 0 saturated carbocycles. The van der Waals surface area contributed by atoms with Crippen LogP contribution in [0.3, 0.4) is 0 Å². The largest absolute Gasteiger partial charge is 0.497 e. The topological polar surface area (TPSA) is 109 Å². The van der Waals surface area contributed by atoms with Gasteiger partial charge in [-0.15, -0.1) is 0 Å². The van der Waals surface area contributed by atoms with E-state index in [0.717, 1.165) is 16.7 Å². The van der Waals surface area contributed by atoms with Crippen molar-refractivity contribution in [2.75, 3.05) is 14.2 Å². The van der Waals surface area contributed by atoms with Crippen LogP contribution in [0.4, 0.5) is 0 Å². The second-order valence-corrected chi connectivity index (χ2v) is 11.0. The van der Waals surface area contributed by atoms with Crippen molar-refractivity contribution in [1.29, 1.82) is 0 Å². The molecular weight excluding hydrogens is 556 g/mol. The van der Waals surface area contributed by atoms with Crippen molar-refractivity contribution in [3.05, 3.63) is 108 Å². The molecule has 216 valence electrons. The number of carbonyl (C=O) groups is 2. The molecule has 0 aliphatic carbocycles. The average Bonchev–Trinajstić information content (AvgIpc) is 3.55. The molecule has 5 rings (SSSR count). The van der Waals surface area contributed by atoms with Gasteiger partial charge in [0.2, 0.25) is 0 Å². The minimum absolute atomic E-state index is 0.305. The van der Waals surface area contributed by atoms with Crippen LogP contribution in [-0.2, 0) is 14.3 Å². The Morgan fingerprint density at radius 1 is 1.02 bits per heavy atom. The monoisotopic (exact) mass is 586 g/mol. The van der Waals surface area contributed by atoms with Crippen molar-refractivity contribution in [1.82, 2.24) is 4.57 Å². The predicted molar refractivity (Wildman–Crippen MR) is 158 cm³/mol. The number of aromatic nitrogens is 1. The van der Waals surface area contributed by atoms with Crippen molar-refractivity contribution in [3.8, 4) is 17.1 Å². The smallest absolute Gasteiger partial charge is 0.338 e. The number of allylic oxidation sites excluding steroid dienone is 1. The molecule has 10 heteroatoms. The number of rotatable bonds is 7. The second kappa shape index (κ2) is 11.7. The summed E-state index contributed by atoms with van der Waals surface area (Å²) in [5.41, 5.74) is 3.31. The summed E-state index contributed by atoms with van der Waals surface area (Å²) in [6, 6.07) is 15.3. The summed E-state index contributed by atoms with van der Waals surface area (Å²) in [6.07, 6.45) is 1.33. The minimum atomic E-state index is -0.733. The molecule has 0 spiro atoms. The first-order chi connectivity index (χ1) is 20.1. The zero-order chi connectivity index (χ0) is 30.1. The highest BCUT2D eigenvalue weighted by molar-refractivity contribution is 7.07. The molecule has 1 aliphatic rings. The normalized spacial score (nSPS) is 14.9. The highest BCUT2D eigenvalue weighted by atomic mass is 32.1. The number of hydrogen-bond acceptors (Lipinski definition) is 9. The van der Waals surface area contributed by atoms with Crippen LogP contribution in [0.2, 0.25) is 0 Å². The summed E-state index contributed by atoms with van der Waals surface area (Å²) in [6.45, 7) is 7.18. The van der Waals surface area contributed by atoms with Crippen LogP contribution in [-0.4, -0.2) is 36.8 Å². The van der Waals surface area contributed by atoms with E-state index in [9.17, 15) is 14.4 Å². The van der Waals surface area contributed by atoms with Crippen molar-refractivity contribution >= 4 is 29.4 Å². The molecule has 42 heavy (non-hydrogen) atoms. The first-order valence-corrected chi connectivity index (χ1v) is 14.1. The molecule has 1 atom stereocenters. The lowest BCUT2D eigenvalue weighted by Crippen LogP contribution is -2.40. The Bertz CT molecular complexity index is 1890. The van der Waals surface area contributed by atoms with E-state index < -0.39 is 18.0 Å². The van der Waals surface area contributed by atoms with E-state index in [-0.39, 0.29) is 11.7 Å². The van der Waals surface area contributed by atoms with E-state index in [2.05, 4.69) is 4.99 Å². The first kappa shape index (κ1) is 28.8. The molecule has 0 bridgehead atoms. The van der Waals surface area contributed by atoms with Gasteiger partial charge >= 0.3 is 11.9 Å². The molecule has 0 saturated heterocycles. The van der Waals surface area contributed by atoms with E-state index in [1.807, 2.05) is 25.1 Å². The number of thiazole rings is 1. The third-order valence-corrected chi connectivity index (χ3v) is 7.81. The molecule has 3 heterocycles. The van der Waals surface area contributed by atoms with Gasteiger partial charge in [-0.25, -0.2) is 14.6 Å². The van der Waals surface area contributed by atoms with Gasteiger partial charge < -0.3 is 18.6 Å². The lowest BCUT2D eigenvalue weighted by Gasteiger charge is -2.25. The number of benzene rings is 2. The summed E-state index contributed by atoms with van der Waals surface area (Å²) in [5, 5.41) is 0. The van der Waals surface area contributed by atoms with Crippen molar-refractivity contribution in [2.45, 2.75) is 39.8 Å². The van der Waals surface area contributed by atoms with Gasteiger partial charge in [-0.3, -0.25) is 9.36 Å². The average molecular weight is 587 g/mol. The third-order valence-electron chi connectivity index (χ3n) is 6.83. The number of aryl methyl sites for hydroxylation is 1. The van der Waals surface area contributed by atoms with Gasteiger partial charge in [0, 0.05) is 11.6 Å². The van der Waals surface area contributed by atoms with Gasteiger partial charge in [0.15, 0.2) is 4.80 Å². The van der Waals surface area contributed by atoms with Crippen LogP contribution in [0.5, 0.6) is 5.75 Å². The van der Waals surface area contributed by atoms with Crippen LogP contribution in [0.25, 0.3) is 17.4 Å². The summed E-state index contributed by atoms with van der Waals surface area (Å²) in [4.78, 5) is 44.1. The maximum absolute atomic E-state index is 13.9. The summed E-state index contributed by atoms with van der Waals surface area (Å²) < 4.78 is 23.7. The number of furan rings is 1. The standard InChI is InChI=1S/C32H30N2O7S/c1-17(2)40-31(37)27-19(4)33-32-34(28(27)20-7-10-22(38-5)11-8-20)29(35)26(42-32)16-23-12-14-25(41-23)24-13-9-21(15-18(24)3)30(36)39-6/h7-17,28H,1-6H3/b26-16+/t28-/m0/s1. The predicted octanol–water partition coefficient (Wildman–Crippen LogP) is 4.55. The Labute approximate surface area is 246 Å². The lowest BCUT2D eigenvalue weighted by molar-refractivity contribution is -0.143. The highest BCUT2D eigenvalue weighted by Gasteiger charge is 2.33. The fourth-order valence-corrected chi connectivity index (χ4v) is 5.88. The van der Waals surface area contributed by atoms with Crippen LogP contribution >= 0.6 is 11.3 Å². The quantitative estimate of drug-likeness (QED) is 0.292. The fourth-order valence-electron chi connectivity index (χ4n) is 4.85. The zero-order valence-corrected chi connectivity index (χ0v) is 24.9. The molecule has 0 fully saturated rings. The molecule has 9 nitrogen and oxygen atoms in total. The molecule has 2 aromatic carbocycles. The number of methoxy groups -OCH3 is 2. The lowest BCUT2D eigenvalue weighted by atomic mass is 9.96. The fraction of sp³-hybridized carbons (Fsp3) is 0.250. The summed E-state index contributed by atoms with van der Waals surface area (Å²) in [5.74, 6) is 0.785. The van der Waals surface area contributed by atoms with Gasteiger partial charge in [0.05, 0.1) is 47.7 Å². The van der Waals surface area contributed by atoms with Crippen LogP contribution in [0, 0.1) is 6.92 Å². The Morgan fingerprint density at radius 3 is 2.40 bits per heavy atom. The number of fused-ring (bicyclic) bond motifs is 1. The molecule has 2 aromatic heterocycles. The van der Waals surface area contributed by atoms with E-state index in [4.69, 9.17) is 18.6 Å². The van der Waals surface area contributed by atoms with E-state index >= 15 is 0 Å². The Kier molecular flexibility index (Phi) is 8.00. The van der Waals surface area contributed by atoms with E-state index in [1.165, 1.54) is 23.0 Å². The van der Waals surface area contributed by atoms with Crippen molar-refractivity contribution in [2.24, 2.45) is 4.99 Å². The summed E-state index contributed by atoms with van der Waals surface area (Å²) >= 11 is 1.22. The molecule has 0 unspecified atom stereocenters. The zero-order valence-electron chi connectivity index (χ0n) is 24.1. The van der Waals surface area contributed by atoms with Gasteiger partial charge in [-0.05, 0) is 75.2 Å². The van der Waals surface area contributed by atoms with Gasteiger partial charge in [0.25, 0.3) is 5.56 Å². The van der Waals surface area contributed by atoms with Gasteiger partial charge in [0.1, 0.15) is 17.3 Å². The van der Waals surface area contributed by atoms with Gasteiger partial charge in [-0.2, -0.15) is 0 Å². The van der Waals surface area contributed by atoms with E-state index in [0.29, 0.717) is 43.4 Å². The maximum Gasteiger partial charge on any atom is 0.338 e. The summed E-state index contributed by atoms with van der Waals surface area (Å²) in [7, 11) is 2.92. The Morgan fingerprint density at radius 2 is 1.76 bits per heavy atom. The van der Waals surface area contributed by atoms with Crippen LogP contribution in [0.1, 0.15) is 54.1 Å². The Hall–Kier alpha value is -4.70. The number of hydrogen-bond donors (Lipinski definition) is 0. The molecular formula is C32H30N2O7S. The van der Waals surface area contributed by atoms with Crippen molar-refractivity contribution in [3.63, 3.8) is 0 Å². The number of carbonyl (C=O) groups excluding carboxylic acids is 2. The molecule has 0 radical (unpaired) electrons. The maximum atomic E-state index is 13.9. The number of esters is 2. The van der Waals surface area contributed by atoms with Crippen LogP contribution < -0.4 is 19.6 Å². The molecule has 1 aliphatic heterocycles. The van der Waals surface area contributed by atoms with E-state index in [1.54, 1.807) is 70.4 Å². The Balaban J connectivity index is 1.58. The highest BCUT2D eigenvalue weighted by Crippen LogP contribution is 2.32.